The van der Waals surface area contributed by atoms with Crippen molar-refractivity contribution in [1.82, 2.24) is 0 Å². The van der Waals surface area contributed by atoms with Crippen LogP contribution in [0.5, 0.6) is 0 Å². The maximum Gasteiger partial charge on any atom is 0.238 e. The zero-order valence-electron chi connectivity index (χ0n) is 16.9. The fourth-order valence-corrected chi connectivity index (χ4v) is 5.28. The second-order valence-corrected chi connectivity index (χ2v) is 9.37. The third-order valence-electron chi connectivity index (χ3n) is 4.88. The summed E-state index contributed by atoms with van der Waals surface area (Å²) in [6, 6.07) is 19.7. The lowest BCUT2D eigenvalue weighted by Crippen LogP contribution is -2.28. The van der Waals surface area contributed by atoms with Gasteiger partial charge in [0.15, 0.2) is 0 Å². The second-order valence-electron chi connectivity index (χ2n) is 7.27. The van der Waals surface area contributed by atoms with Crippen LogP contribution in [0.2, 0.25) is 0 Å². The molecule has 0 spiro atoms. The summed E-state index contributed by atoms with van der Waals surface area (Å²) < 4.78 is 0. The first-order chi connectivity index (χ1) is 14.5. The molecule has 5 nitrogen and oxygen atoms in total. The molecule has 0 aliphatic carbocycles. The van der Waals surface area contributed by atoms with Gasteiger partial charge in [-0.3, -0.25) is 14.5 Å². The molecule has 2 amide bonds. The smallest absolute Gasteiger partial charge is 0.238 e. The number of carbonyl (C=O) groups excluding carboxylic acids is 2. The van der Waals surface area contributed by atoms with Crippen molar-refractivity contribution in [3.8, 4) is 0 Å². The average Bonchev–Trinajstić information content (AvgIpc) is 3.37. The number of anilines is 3. The maximum absolute atomic E-state index is 12.6. The van der Waals surface area contributed by atoms with Gasteiger partial charge >= 0.3 is 0 Å². The van der Waals surface area contributed by atoms with Gasteiger partial charge in [-0.25, -0.2) is 0 Å². The Morgan fingerprint density at radius 2 is 1.93 bits per heavy atom. The Balaban J connectivity index is 1.52. The number of thioether (sulfide) groups is 1. The maximum atomic E-state index is 12.6. The molecule has 3 aromatic rings. The molecule has 7 heteroatoms. The first-order valence-corrected chi connectivity index (χ1v) is 11.6. The van der Waals surface area contributed by atoms with Gasteiger partial charge in [-0.2, -0.15) is 0 Å². The van der Waals surface area contributed by atoms with Gasteiger partial charge in [0.25, 0.3) is 0 Å². The SMILES string of the molecule is CN(C)c1ccc(N2C(=O)CS[C@@H]2c2cccc(NC(=O)Cc3cccs3)c2)cc1. The van der Waals surface area contributed by atoms with Crippen LogP contribution in [0.25, 0.3) is 0 Å². The van der Waals surface area contributed by atoms with E-state index in [0.717, 1.165) is 27.5 Å². The normalized spacial score (nSPS) is 16.0. The fourth-order valence-electron chi connectivity index (χ4n) is 3.41. The lowest BCUT2D eigenvalue weighted by molar-refractivity contribution is -0.116. The van der Waals surface area contributed by atoms with E-state index in [2.05, 4.69) is 5.32 Å². The van der Waals surface area contributed by atoms with Crippen molar-refractivity contribution in [1.29, 1.82) is 0 Å². The van der Waals surface area contributed by atoms with Crippen LogP contribution in [-0.4, -0.2) is 31.7 Å². The van der Waals surface area contributed by atoms with Crippen LogP contribution in [0.3, 0.4) is 0 Å². The minimum absolute atomic E-state index is 0.0409. The van der Waals surface area contributed by atoms with E-state index in [4.69, 9.17) is 0 Å². The molecule has 0 radical (unpaired) electrons. The topological polar surface area (TPSA) is 52.6 Å². The molecule has 0 bridgehead atoms. The van der Waals surface area contributed by atoms with Crippen molar-refractivity contribution in [2.75, 3.05) is 35.0 Å². The van der Waals surface area contributed by atoms with Crippen LogP contribution in [0.1, 0.15) is 15.8 Å². The average molecular weight is 438 g/mol. The number of hydrogen-bond donors (Lipinski definition) is 1. The van der Waals surface area contributed by atoms with E-state index in [9.17, 15) is 9.59 Å². The van der Waals surface area contributed by atoms with Gasteiger partial charge in [-0.05, 0) is 53.4 Å². The van der Waals surface area contributed by atoms with Crippen LogP contribution < -0.4 is 15.1 Å². The lowest BCUT2D eigenvalue weighted by atomic mass is 10.1. The molecule has 1 N–H and O–H groups in total. The van der Waals surface area contributed by atoms with E-state index in [-0.39, 0.29) is 17.2 Å². The van der Waals surface area contributed by atoms with Crippen LogP contribution >= 0.6 is 23.1 Å². The summed E-state index contributed by atoms with van der Waals surface area (Å²) in [5, 5.41) is 4.83. The van der Waals surface area contributed by atoms with Crippen LogP contribution in [0, 0.1) is 0 Å². The Bertz CT molecular complexity index is 1030. The summed E-state index contributed by atoms with van der Waals surface area (Å²) in [7, 11) is 3.99. The van der Waals surface area contributed by atoms with Gasteiger partial charge in [0.2, 0.25) is 11.8 Å². The number of hydrogen-bond acceptors (Lipinski definition) is 5. The van der Waals surface area contributed by atoms with Gasteiger partial charge in [0.05, 0.1) is 12.2 Å². The Morgan fingerprint density at radius 3 is 2.63 bits per heavy atom. The van der Waals surface area contributed by atoms with Crippen molar-refractivity contribution >= 4 is 52.0 Å². The van der Waals surface area contributed by atoms with Crippen molar-refractivity contribution in [2.45, 2.75) is 11.8 Å². The van der Waals surface area contributed by atoms with Gasteiger partial charge in [0, 0.05) is 36.0 Å². The molecule has 4 rings (SSSR count). The molecule has 1 aromatic heterocycles. The van der Waals surface area contributed by atoms with Crippen molar-refractivity contribution < 1.29 is 9.59 Å². The van der Waals surface area contributed by atoms with Gasteiger partial charge in [0.1, 0.15) is 5.37 Å². The molecular weight excluding hydrogens is 414 g/mol. The highest BCUT2D eigenvalue weighted by Crippen LogP contribution is 2.42. The largest absolute Gasteiger partial charge is 0.378 e. The summed E-state index contributed by atoms with van der Waals surface area (Å²) in [6.45, 7) is 0. The van der Waals surface area contributed by atoms with Crippen molar-refractivity contribution in [2.24, 2.45) is 0 Å². The summed E-state index contributed by atoms with van der Waals surface area (Å²) in [6.07, 6.45) is 0.364. The number of nitrogens with zero attached hydrogens (tertiary/aromatic N) is 2. The molecule has 2 aromatic carbocycles. The number of amides is 2. The van der Waals surface area contributed by atoms with E-state index < -0.39 is 0 Å². The first kappa shape index (κ1) is 20.5. The second kappa shape index (κ2) is 8.93. The van der Waals surface area contributed by atoms with E-state index in [1.54, 1.807) is 23.1 Å². The molecule has 30 heavy (non-hydrogen) atoms. The highest BCUT2D eigenvalue weighted by molar-refractivity contribution is 8.00. The minimum Gasteiger partial charge on any atom is -0.378 e. The summed E-state index contributed by atoms with van der Waals surface area (Å²) >= 11 is 3.18. The monoisotopic (exact) mass is 437 g/mol. The first-order valence-electron chi connectivity index (χ1n) is 9.64. The molecule has 0 saturated carbocycles. The Labute approximate surface area is 184 Å². The van der Waals surface area contributed by atoms with Crippen LogP contribution in [-0.2, 0) is 16.0 Å². The minimum atomic E-state index is -0.114. The molecule has 1 fully saturated rings. The van der Waals surface area contributed by atoms with Gasteiger partial charge in [-0.1, -0.05) is 18.2 Å². The number of rotatable bonds is 6. The lowest BCUT2D eigenvalue weighted by Gasteiger charge is -2.25. The van der Waals surface area contributed by atoms with E-state index in [0.29, 0.717) is 12.2 Å². The zero-order chi connectivity index (χ0) is 21.1. The Kier molecular flexibility index (Phi) is 6.11. The van der Waals surface area contributed by atoms with Crippen LogP contribution in [0.15, 0.2) is 66.0 Å². The predicted molar refractivity (Wildman–Crippen MR) is 127 cm³/mol. The summed E-state index contributed by atoms with van der Waals surface area (Å²) in [5.41, 5.74) is 3.71. The number of carbonyl (C=O) groups is 2. The molecule has 1 atom stereocenters. The fraction of sp³-hybridized carbons (Fsp3) is 0.217. The van der Waals surface area contributed by atoms with Crippen molar-refractivity contribution in [3.63, 3.8) is 0 Å². The summed E-state index contributed by atoms with van der Waals surface area (Å²) in [5.74, 6) is 0.491. The van der Waals surface area contributed by atoms with E-state index >= 15 is 0 Å². The molecule has 1 aliphatic rings. The third-order valence-corrected chi connectivity index (χ3v) is 6.97. The third kappa shape index (κ3) is 4.52. The molecule has 1 saturated heterocycles. The summed E-state index contributed by atoms with van der Waals surface area (Å²) in [4.78, 5) is 29.9. The number of benzene rings is 2. The Hall–Kier alpha value is -2.77. The Morgan fingerprint density at radius 1 is 1.13 bits per heavy atom. The van der Waals surface area contributed by atoms with Crippen LogP contribution in [0.4, 0.5) is 17.1 Å². The highest BCUT2D eigenvalue weighted by Gasteiger charge is 2.34. The molecular formula is C23H23N3O2S2. The van der Waals surface area contributed by atoms with E-state index in [1.165, 1.54) is 0 Å². The number of nitrogens with one attached hydrogen (secondary N) is 1. The zero-order valence-corrected chi connectivity index (χ0v) is 18.5. The van der Waals surface area contributed by atoms with Gasteiger partial charge in [-0.15, -0.1) is 23.1 Å². The molecule has 154 valence electrons. The van der Waals surface area contributed by atoms with Gasteiger partial charge < -0.3 is 10.2 Å². The predicted octanol–water partition coefficient (Wildman–Crippen LogP) is 4.77. The molecule has 1 aliphatic heterocycles. The highest BCUT2D eigenvalue weighted by atomic mass is 32.2. The van der Waals surface area contributed by atoms with Crippen molar-refractivity contribution in [3.05, 3.63) is 76.5 Å². The quantitative estimate of drug-likeness (QED) is 0.603. The standard InChI is InChI=1S/C23H23N3O2S2/c1-25(2)18-8-10-19(11-9-18)26-22(28)15-30-23(26)16-5-3-6-17(13-16)24-21(27)14-20-7-4-12-29-20/h3-13,23H,14-15H2,1-2H3,(H,24,27)/t23-/m1/s1. The van der Waals surface area contributed by atoms with E-state index in [1.807, 2.05) is 89.9 Å². The molecule has 0 unspecified atom stereocenters. The number of thiophene rings is 1. The molecule has 2 heterocycles.